The van der Waals surface area contributed by atoms with Crippen LogP contribution in [0.25, 0.3) is 10.1 Å². The van der Waals surface area contributed by atoms with Crippen LogP contribution in [0.1, 0.15) is 5.56 Å². The molecule has 0 radical (unpaired) electrons. The van der Waals surface area contributed by atoms with Gasteiger partial charge >= 0.3 is 4.87 Å². The zero-order valence-electron chi connectivity index (χ0n) is 10.9. The lowest BCUT2D eigenvalue weighted by atomic mass is 10.1. The third kappa shape index (κ3) is 2.45. The number of rotatable bonds is 2. The molecule has 0 spiro atoms. The van der Waals surface area contributed by atoms with Gasteiger partial charge in [0.2, 0.25) is 0 Å². The van der Waals surface area contributed by atoms with Crippen molar-refractivity contribution in [2.75, 3.05) is 5.73 Å². The quantitative estimate of drug-likeness (QED) is 0.738. The molecule has 21 heavy (non-hydrogen) atoms. The Morgan fingerprint density at radius 3 is 2.67 bits per heavy atom. The van der Waals surface area contributed by atoms with Crippen LogP contribution in [0, 0.1) is 5.82 Å². The van der Waals surface area contributed by atoms with Crippen molar-refractivity contribution >= 4 is 27.1 Å². The molecule has 0 aliphatic rings. The molecule has 0 fully saturated rings. The van der Waals surface area contributed by atoms with Gasteiger partial charge in [0.25, 0.3) is 5.56 Å². The summed E-state index contributed by atoms with van der Waals surface area (Å²) in [6, 6.07) is 10.9. The minimum Gasteiger partial charge on any atom is -0.398 e. The molecule has 2 aromatic carbocycles. The van der Waals surface area contributed by atoms with E-state index in [0.29, 0.717) is 15.6 Å². The number of nitrogens with zero attached hydrogens (tertiary/aromatic N) is 1. The number of hydrogen-bond acceptors (Lipinski definition) is 4. The van der Waals surface area contributed by atoms with Gasteiger partial charge in [0.05, 0.1) is 11.9 Å². The first-order chi connectivity index (χ1) is 10.1. The summed E-state index contributed by atoms with van der Waals surface area (Å²) < 4.78 is 14.8. The molecule has 0 unspecified atom stereocenters. The van der Waals surface area contributed by atoms with Gasteiger partial charge in [-0.2, -0.15) is 0 Å². The van der Waals surface area contributed by atoms with Crippen molar-refractivity contribution in [1.82, 2.24) is 4.57 Å². The van der Waals surface area contributed by atoms with Crippen molar-refractivity contribution in [3.63, 3.8) is 0 Å². The molecule has 6 heteroatoms. The number of halogens is 1. The Balaban J connectivity index is 2.17. The van der Waals surface area contributed by atoms with Gasteiger partial charge in [0.15, 0.2) is 0 Å². The maximum Gasteiger partial charge on any atom is 0.310 e. The van der Waals surface area contributed by atoms with Crippen LogP contribution in [0.15, 0.2) is 52.1 Å². The predicted octanol–water partition coefficient (Wildman–Crippen LogP) is 2.19. The average Bonchev–Trinajstić information content (AvgIpc) is 2.45. The van der Waals surface area contributed by atoms with Crippen LogP contribution in [0.3, 0.4) is 0 Å². The molecule has 3 rings (SSSR count). The summed E-state index contributed by atoms with van der Waals surface area (Å²) in [7, 11) is 0. The second kappa shape index (κ2) is 5.14. The van der Waals surface area contributed by atoms with Crippen molar-refractivity contribution in [3.05, 3.63) is 73.9 Å². The monoisotopic (exact) mass is 302 g/mol. The standard InChI is InChI=1S/C15H11FN2O2S/c16-10-6-5-9(12(17)7-10)8-18-14(19)11-3-1-2-4-13(11)21-15(18)20/h1-7H,8,17H2. The number of nitrogens with two attached hydrogens (primary N) is 1. The molecule has 0 saturated carbocycles. The second-order valence-electron chi connectivity index (χ2n) is 4.60. The van der Waals surface area contributed by atoms with E-state index < -0.39 is 5.82 Å². The third-order valence-electron chi connectivity index (χ3n) is 3.22. The maximum absolute atomic E-state index is 13.0. The molecule has 106 valence electrons. The molecular weight excluding hydrogens is 291 g/mol. The highest BCUT2D eigenvalue weighted by Gasteiger charge is 2.10. The minimum atomic E-state index is -0.452. The van der Waals surface area contributed by atoms with Crippen molar-refractivity contribution in [2.45, 2.75) is 6.54 Å². The van der Waals surface area contributed by atoms with Crippen molar-refractivity contribution in [1.29, 1.82) is 0 Å². The van der Waals surface area contributed by atoms with E-state index in [0.717, 1.165) is 15.9 Å². The Bertz CT molecular complexity index is 946. The fourth-order valence-corrected chi connectivity index (χ4v) is 2.98. The molecule has 4 nitrogen and oxygen atoms in total. The summed E-state index contributed by atoms with van der Waals surface area (Å²) in [5.74, 6) is -0.452. The summed E-state index contributed by atoms with van der Waals surface area (Å²) in [6.07, 6.45) is 0. The maximum atomic E-state index is 13.0. The van der Waals surface area contributed by atoms with Crippen LogP contribution in [0.2, 0.25) is 0 Å². The second-order valence-corrected chi connectivity index (χ2v) is 5.59. The highest BCUT2D eigenvalue weighted by molar-refractivity contribution is 7.16. The van der Waals surface area contributed by atoms with Crippen LogP contribution in [-0.4, -0.2) is 4.57 Å². The molecular formula is C15H11FN2O2S. The lowest BCUT2D eigenvalue weighted by Crippen LogP contribution is -2.31. The van der Waals surface area contributed by atoms with E-state index in [-0.39, 0.29) is 22.7 Å². The Hall–Kier alpha value is -2.47. The van der Waals surface area contributed by atoms with Gasteiger partial charge in [-0.1, -0.05) is 29.5 Å². The smallest absolute Gasteiger partial charge is 0.310 e. The normalized spacial score (nSPS) is 10.9. The molecule has 2 N–H and O–H groups in total. The summed E-state index contributed by atoms with van der Waals surface area (Å²) in [5, 5.41) is 0.489. The lowest BCUT2D eigenvalue weighted by molar-refractivity contribution is 0.627. The summed E-state index contributed by atoms with van der Waals surface area (Å²) >= 11 is 1.00. The van der Waals surface area contributed by atoms with E-state index >= 15 is 0 Å². The van der Waals surface area contributed by atoms with Gasteiger partial charge in [0.1, 0.15) is 5.82 Å². The van der Waals surface area contributed by atoms with E-state index in [1.54, 1.807) is 24.3 Å². The Morgan fingerprint density at radius 1 is 1.14 bits per heavy atom. The van der Waals surface area contributed by atoms with Gasteiger partial charge < -0.3 is 5.73 Å². The first-order valence-electron chi connectivity index (χ1n) is 6.23. The molecule has 0 aliphatic heterocycles. The highest BCUT2D eigenvalue weighted by atomic mass is 32.1. The van der Waals surface area contributed by atoms with E-state index in [9.17, 15) is 14.0 Å². The number of benzene rings is 2. The number of nitrogen functional groups attached to an aromatic ring is 1. The van der Waals surface area contributed by atoms with Crippen molar-refractivity contribution < 1.29 is 4.39 Å². The number of hydrogen-bond donors (Lipinski definition) is 1. The molecule has 1 heterocycles. The van der Waals surface area contributed by atoms with Crippen LogP contribution in [-0.2, 0) is 6.54 Å². The molecule has 0 amide bonds. The summed E-state index contributed by atoms with van der Waals surface area (Å²) in [4.78, 5) is 24.1. The Morgan fingerprint density at radius 2 is 1.90 bits per heavy atom. The number of anilines is 1. The highest BCUT2D eigenvalue weighted by Crippen LogP contribution is 2.15. The molecule has 0 saturated heterocycles. The Labute approximate surface area is 122 Å². The van der Waals surface area contributed by atoms with E-state index in [1.807, 2.05) is 0 Å². The van der Waals surface area contributed by atoms with Crippen LogP contribution in [0.4, 0.5) is 10.1 Å². The van der Waals surface area contributed by atoms with Gasteiger partial charge in [-0.25, -0.2) is 4.39 Å². The van der Waals surface area contributed by atoms with E-state index in [4.69, 9.17) is 5.73 Å². The van der Waals surface area contributed by atoms with E-state index in [2.05, 4.69) is 0 Å². The SMILES string of the molecule is Nc1cc(F)ccc1Cn1c(=O)sc2ccccc2c1=O. The topological polar surface area (TPSA) is 65.1 Å². The van der Waals surface area contributed by atoms with Crippen LogP contribution < -0.4 is 16.2 Å². The van der Waals surface area contributed by atoms with Crippen LogP contribution in [0.5, 0.6) is 0 Å². The minimum absolute atomic E-state index is 0.0329. The fourth-order valence-electron chi connectivity index (χ4n) is 2.13. The van der Waals surface area contributed by atoms with E-state index in [1.165, 1.54) is 18.2 Å². The first-order valence-corrected chi connectivity index (χ1v) is 7.04. The summed E-state index contributed by atoms with van der Waals surface area (Å²) in [5.41, 5.74) is 6.13. The number of fused-ring (bicyclic) bond motifs is 1. The molecule has 0 bridgehead atoms. The van der Waals surface area contributed by atoms with Crippen LogP contribution >= 0.6 is 11.3 Å². The largest absolute Gasteiger partial charge is 0.398 e. The average molecular weight is 302 g/mol. The summed E-state index contributed by atoms with van der Waals surface area (Å²) in [6.45, 7) is 0.0329. The molecule has 0 atom stereocenters. The molecule has 3 aromatic rings. The molecule has 1 aromatic heterocycles. The predicted molar refractivity (Wildman–Crippen MR) is 82.3 cm³/mol. The molecule has 0 aliphatic carbocycles. The number of aromatic nitrogens is 1. The zero-order valence-corrected chi connectivity index (χ0v) is 11.7. The first kappa shape index (κ1) is 13.5. The van der Waals surface area contributed by atoms with Gasteiger partial charge in [-0.15, -0.1) is 0 Å². The fraction of sp³-hybridized carbons (Fsp3) is 0.0667. The lowest BCUT2D eigenvalue weighted by Gasteiger charge is -2.08. The van der Waals surface area contributed by atoms with Crippen molar-refractivity contribution in [3.8, 4) is 0 Å². The van der Waals surface area contributed by atoms with Gasteiger partial charge in [0, 0.05) is 10.4 Å². The zero-order chi connectivity index (χ0) is 15.0. The van der Waals surface area contributed by atoms with Gasteiger partial charge in [-0.3, -0.25) is 14.2 Å². The van der Waals surface area contributed by atoms with Crippen molar-refractivity contribution in [2.24, 2.45) is 0 Å². The third-order valence-corrected chi connectivity index (χ3v) is 4.19. The van der Waals surface area contributed by atoms with Gasteiger partial charge in [-0.05, 0) is 29.8 Å². The Kier molecular flexibility index (Phi) is 3.31.